The van der Waals surface area contributed by atoms with Crippen LogP contribution < -0.4 is 10.2 Å². The van der Waals surface area contributed by atoms with Gasteiger partial charge in [-0.2, -0.15) is 0 Å². The van der Waals surface area contributed by atoms with Gasteiger partial charge >= 0.3 is 0 Å². The first-order chi connectivity index (χ1) is 8.78. The van der Waals surface area contributed by atoms with Crippen LogP contribution in [0.1, 0.15) is 19.8 Å². The molecule has 1 N–H and O–H groups in total. The molecule has 0 saturated carbocycles. The van der Waals surface area contributed by atoms with Crippen molar-refractivity contribution in [2.24, 2.45) is 0 Å². The second-order valence-electron chi connectivity index (χ2n) is 4.75. The van der Waals surface area contributed by atoms with Crippen molar-refractivity contribution in [3.63, 3.8) is 0 Å². The minimum absolute atomic E-state index is 0.369. The van der Waals surface area contributed by atoms with E-state index in [-0.39, 0.29) is 0 Å². The quantitative estimate of drug-likeness (QED) is 0.925. The third-order valence-electron chi connectivity index (χ3n) is 3.46. The predicted molar refractivity (Wildman–Crippen MR) is 74.0 cm³/mol. The van der Waals surface area contributed by atoms with Gasteiger partial charge in [-0.1, -0.05) is 0 Å². The van der Waals surface area contributed by atoms with E-state index in [9.17, 15) is 0 Å². The highest BCUT2D eigenvalue weighted by molar-refractivity contribution is 9.10. The van der Waals surface area contributed by atoms with E-state index in [4.69, 9.17) is 4.74 Å². The fourth-order valence-corrected chi connectivity index (χ4v) is 3.26. The van der Waals surface area contributed by atoms with Crippen LogP contribution in [0.5, 0.6) is 0 Å². The van der Waals surface area contributed by atoms with Crippen LogP contribution in [0.4, 0.5) is 11.6 Å². The lowest BCUT2D eigenvalue weighted by Gasteiger charge is -2.33. The Morgan fingerprint density at radius 3 is 2.78 bits per heavy atom. The number of rotatable bonds is 3. The summed E-state index contributed by atoms with van der Waals surface area (Å²) in [7, 11) is 0. The Hall–Kier alpha value is -0.880. The largest absolute Gasteiger partial charge is 0.371 e. The first-order valence-electron chi connectivity index (χ1n) is 6.42. The second-order valence-corrected chi connectivity index (χ2v) is 5.55. The molecule has 0 amide bonds. The molecule has 3 rings (SSSR count). The lowest BCUT2D eigenvalue weighted by molar-refractivity contribution is 0.0302. The molecule has 2 aliphatic heterocycles. The van der Waals surface area contributed by atoms with Crippen molar-refractivity contribution >= 4 is 27.6 Å². The average Bonchev–Trinajstić information content (AvgIpc) is 2.71. The summed E-state index contributed by atoms with van der Waals surface area (Å²) in [4.78, 5) is 11.0. The normalized spacial score (nSPS) is 26.4. The molecule has 1 aromatic heterocycles. The standard InChI is InChI=1S/C12H17BrN4O/c1-2-14-11-10(13)12(16-7-15-11)17-5-8-3-4-9(6-17)18-8/h7-9H,2-6H2,1H3,(H,14,15,16). The molecule has 2 aliphatic rings. The minimum Gasteiger partial charge on any atom is -0.371 e. The SMILES string of the molecule is CCNc1ncnc(N2CC3CCC(C2)O3)c1Br. The van der Waals surface area contributed by atoms with Crippen LogP contribution in [0.25, 0.3) is 0 Å². The zero-order valence-electron chi connectivity index (χ0n) is 10.4. The first-order valence-corrected chi connectivity index (χ1v) is 7.22. The molecule has 0 aromatic carbocycles. The van der Waals surface area contributed by atoms with Gasteiger partial charge in [0, 0.05) is 19.6 Å². The second kappa shape index (κ2) is 5.01. The number of nitrogens with one attached hydrogen (secondary N) is 1. The van der Waals surface area contributed by atoms with Gasteiger partial charge in [-0.05, 0) is 35.7 Å². The maximum Gasteiger partial charge on any atom is 0.148 e. The van der Waals surface area contributed by atoms with Crippen molar-refractivity contribution in [2.75, 3.05) is 29.9 Å². The number of halogens is 1. The third kappa shape index (κ3) is 2.19. The number of aromatic nitrogens is 2. The van der Waals surface area contributed by atoms with Crippen molar-refractivity contribution in [2.45, 2.75) is 32.0 Å². The summed E-state index contributed by atoms with van der Waals surface area (Å²) in [5, 5.41) is 3.24. The number of morpholine rings is 1. The van der Waals surface area contributed by atoms with Gasteiger partial charge in [0.25, 0.3) is 0 Å². The number of ether oxygens (including phenoxy) is 1. The topological polar surface area (TPSA) is 50.3 Å². The summed E-state index contributed by atoms with van der Waals surface area (Å²) < 4.78 is 6.80. The van der Waals surface area contributed by atoms with Gasteiger partial charge in [0.1, 0.15) is 22.4 Å². The van der Waals surface area contributed by atoms with Crippen LogP contribution in [0.3, 0.4) is 0 Å². The number of anilines is 2. The molecule has 0 aliphatic carbocycles. The van der Waals surface area contributed by atoms with Crippen LogP contribution in [-0.2, 0) is 4.74 Å². The van der Waals surface area contributed by atoms with E-state index >= 15 is 0 Å². The van der Waals surface area contributed by atoms with Gasteiger partial charge in [0.2, 0.25) is 0 Å². The Kier molecular flexibility index (Phi) is 3.39. The molecule has 2 bridgehead atoms. The number of nitrogens with zero attached hydrogens (tertiary/aromatic N) is 3. The molecule has 1 aromatic rings. The molecule has 18 heavy (non-hydrogen) atoms. The van der Waals surface area contributed by atoms with Gasteiger partial charge in [-0.3, -0.25) is 0 Å². The highest BCUT2D eigenvalue weighted by Crippen LogP contribution is 2.34. The van der Waals surface area contributed by atoms with E-state index in [1.165, 1.54) is 12.8 Å². The van der Waals surface area contributed by atoms with Crippen LogP contribution in [0.2, 0.25) is 0 Å². The smallest absolute Gasteiger partial charge is 0.148 e. The third-order valence-corrected chi connectivity index (χ3v) is 4.19. The monoisotopic (exact) mass is 312 g/mol. The Balaban J connectivity index is 1.85. The Bertz CT molecular complexity index is 430. The van der Waals surface area contributed by atoms with E-state index in [1.54, 1.807) is 6.33 Å². The molecule has 6 heteroatoms. The molecular weight excluding hydrogens is 296 g/mol. The fourth-order valence-electron chi connectivity index (χ4n) is 2.66. The summed E-state index contributed by atoms with van der Waals surface area (Å²) in [6.07, 6.45) is 4.70. The first kappa shape index (κ1) is 12.2. The van der Waals surface area contributed by atoms with Gasteiger partial charge in [-0.15, -0.1) is 0 Å². The van der Waals surface area contributed by atoms with E-state index in [0.717, 1.165) is 35.7 Å². The molecule has 2 atom stereocenters. The number of fused-ring (bicyclic) bond motifs is 2. The van der Waals surface area contributed by atoms with Gasteiger partial charge in [0.15, 0.2) is 0 Å². The molecule has 2 fully saturated rings. The predicted octanol–water partition coefficient (Wildman–Crippen LogP) is 2.04. The van der Waals surface area contributed by atoms with Crippen molar-refractivity contribution < 1.29 is 4.74 Å². The molecule has 3 heterocycles. The highest BCUT2D eigenvalue weighted by atomic mass is 79.9. The minimum atomic E-state index is 0.369. The highest BCUT2D eigenvalue weighted by Gasteiger charge is 2.35. The number of hydrogen-bond donors (Lipinski definition) is 1. The van der Waals surface area contributed by atoms with Crippen LogP contribution in [0, 0.1) is 0 Å². The number of hydrogen-bond acceptors (Lipinski definition) is 5. The summed E-state index contributed by atoms with van der Waals surface area (Å²) in [6.45, 7) is 4.77. The summed E-state index contributed by atoms with van der Waals surface area (Å²) in [5.74, 6) is 1.84. The molecule has 0 spiro atoms. The van der Waals surface area contributed by atoms with E-state index in [1.807, 2.05) is 0 Å². The lowest BCUT2D eigenvalue weighted by Crippen LogP contribution is -2.43. The maximum atomic E-state index is 5.85. The fraction of sp³-hybridized carbons (Fsp3) is 0.667. The summed E-state index contributed by atoms with van der Waals surface area (Å²) in [6, 6.07) is 0. The van der Waals surface area contributed by atoms with Crippen molar-refractivity contribution in [1.29, 1.82) is 0 Å². The summed E-state index contributed by atoms with van der Waals surface area (Å²) >= 11 is 3.61. The Labute approximate surface area is 115 Å². The van der Waals surface area contributed by atoms with Crippen molar-refractivity contribution in [3.05, 3.63) is 10.8 Å². The molecular formula is C12H17BrN4O. The Morgan fingerprint density at radius 2 is 2.11 bits per heavy atom. The average molecular weight is 313 g/mol. The molecule has 2 unspecified atom stereocenters. The van der Waals surface area contributed by atoms with Crippen LogP contribution in [-0.4, -0.2) is 41.8 Å². The van der Waals surface area contributed by atoms with Gasteiger partial charge in [-0.25, -0.2) is 9.97 Å². The van der Waals surface area contributed by atoms with E-state index < -0.39 is 0 Å². The maximum absolute atomic E-state index is 5.85. The van der Waals surface area contributed by atoms with Crippen LogP contribution >= 0.6 is 15.9 Å². The molecule has 2 saturated heterocycles. The van der Waals surface area contributed by atoms with Crippen molar-refractivity contribution in [3.8, 4) is 0 Å². The summed E-state index contributed by atoms with van der Waals surface area (Å²) in [5.41, 5.74) is 0. The molecule has 5 nitrogen and oxygen atoms in total. The van der Waals surface area contributed by atoms with E-state index in [2.05, 4.69) is 43.0 Å². The van der Waals surface area contributed by atoms with Crippen molar-refractivity contribution in [1.82, 2.24) is 9.97 Å². The zero-order valence-corrected chi connectivity index (χ0v) is 12.0. The van der Waals surface area contributed by atoms with Crippen LogP contribution in [0.15, 0.2) is 10.8 Å². The van der Waals surface area contributed by atoms with Gasteiger partial charge in [0.05, 0.1) is 12.2 Å². The lowest BCUT2D eigenvalue weighted by atomic mass is 10.2. The Morgan fingerprint density at radius 1 is 1.39 bits per heavy atom. The van der Waals surface area contributed by atoms with E-state index in [0.29, 0.717) is 12.2 Å². The van der Waals surface area contributed by atoms with Gasteiger partial charge < -0.3 is 15.0 Å². The molecule has 98 valence electrons. The zero-order chi connectivity index (χ0) is 12.5. The molecule has 0 radical (unpaired) electrons.